The number of hydrogen-bond acceptors (Lipinski definition) is 3. The Morgan fingerprint density at radius 2 is 1.20 bits per heavy atom. The van der Waals surface area contributed by atoms with Crippen LogP contribution in [0.3, 0.4) is 0 Å². The Hall–Kier alpha value is -0.120. The van der Waals surface area contributed by atoms with Crippen molar-refractivity contribution in [2.45, 2.75) is 72.3 Å². The molecular weight excluding hydrogens is 252 g/mol. The normalized spacial score (nSPS) is 12.3. The maximum absolute atomic E-state index is 5.67. The van der Waals surface area contributed by atoms with Gasteiger partial charge in [0.2, 0.25) is 0 Å². The molecular formula is C17H36O3. The van der Waals surface area contributed by atoms with Crippen LogP contribution in [0.5, 0.6) is 0 Å². The SMILES string of the molecule is CC(C)COCCCCOCCCCCOC(C)(C)C. The molecule has 0 N–H and O–H groups in total. The van der Waals surface area contributed by atoms with Crippen molar-refractivity contribution < 1.29 is 14.2 Å². The lowest BCUT2D eigenvalue weighted by Crippen LogP contribution is -2.19. The quantitative estimate of drug-likeness (QED) is 0.469. The predicted molar refractivity (Wildman–Crippen MR) is 85.3 cm³/mol. The molecule has 0 unspecified atom stereocenters. The third-order valence-corrected chi connectivity index (χ3v) is 2.75. The summed E-state index contributed by atoms with van der Waals surface area (Å²) in [5, 5.41) is 0. The Balaban J connectivity index is 3.03. The smallest absolute Gasteiger partial charge is 0.0598 e. The van der Waals surface area contributed by atoms with E-state index in [1.165, 1.54) is 6.42 Å². The minimum Gasteiger partial charge on any atom is -0.381 e. The zero-order valence-corrected chi connectivity index (χ0v) is 14.4. The molecule has 122 valence electrons. The van der Waals surface area contributed by atoms with Crippen LogP contribution >= 0.6 is 0 Å². The van der Waals surface area contributed by atoms with Crippen LogP contribution in [-0.2, 0) is 14.2 Å². The standard InChI is InChI=1S/C17H36O3/c1-16(2)15-19-13-10-9-12-18-11-7-6-8-14-20-17(3,4)5/h16H,6-15H2,1-5H3. The highest BCUT2D eigenvalue weighted by Gasteiger charge is 2.08. The zero-order chi connectivity index (χ0) is 15.3. The second kappa shape index (κ2) is 12.6. The summed E-state index contributed by atoms with van der Waals surface area (Å²) in [6, 6.07) is 0. The Labute approximate surface area is 126 Å². The van der Waals surface area contributed by atoms with Gasteiger partial charge in [0.05, 0.1) is 5.60 Å². The first kappa shape index (κ1) is 19.9. The van der Waals surface area contributed by atoms with Gasteiger partial charge in [-0.1, -0.05) is 13.8 Å². The van der Waals surface area contributed by atoms with Crippen molar-refractivity contribution in [1.29, 1.82) is 0 Å². The van der Waals surface area contributed by atoms with Gasteiger partial charge in [-0.15, -0.1) is 0 Å². The van der Waals surface area contributed by atoms with Crippen molar-refractivity contribution in [3.05, 3.63) is 0 Å². The molecule has 3 heteroatoms. The molecule has 0 aliphatic rings. The van der Waals surface area contributed by atoms with Gasteiger partial charge in [0.1, 0.15) is 0 Å². The van der Waals surface area contributed by atoms with E-state index in [0.29, 0.717) is 5.92 Å². The van der Waals surface area contributed by atoms with E-state index in [0.717, 1.165) is 58.7 Å². The monoisotopic (exact) mass is 288 g/mol. The molecule has 0 spiro atoms. The summed E-state index contributed by atoms with van der Waals surface area (Å²) in [4.78, 5) is 0. The van der Waals surface area contributed by atoms with Crippen molar-refractivity contribution in [2.75, 3.05) is 33.0 Å². The fraction of sp³-hybridized carbons (Fsp3) is 1.00. The molecule has 0 saturated heterocycles. The van der Waals surface area contributed by atoms with Crippen LogP contribution in [0.2, 0.25) is 0 Å². The van der Waals surface area contributed by atoms with E-state index in [9.17, 15) is 0 Å². The maximum Gasteiger partial charge on any atom is 0.0598 e. The summed E-state index contributed by atoms with van der Waals surface area (Å²) < 4.78 is 16.8. The first-order chi connectivity index (χ1) is 9.42. The summed E-state index contributed by atoms with van der Waals surface area (Å²) >= 11 is 0. The summed E-state index contributed by atoms with van der Waals surface area (Å²) in [6.45, 7) is 15.0. The lowest BCUT2D eigenvalue weighted by molar-refractivity contribution is -0.00538. The molecule has 0 aromatic rings. The molecule has 20 heavy (non-hydrogen) atoms. The van der Waals surface area contributed by atoms with Crippen LogP contribution in [-0.4, -0.2) is 38.6 Å². The average Bonchev–Trinajstić information content (AvgIpc) is 2.33. The topological polar surface area (TPSA) is 27.7 Å². The highest BCUT2D eigenvalue weighted by Crippen LogP contribution is 2.08. The first-order valence-corrected chi connectivity index (χ1v) is 8.21. The van der Waals surface area contributed by atoms with Crippen molar-refractivity contribution >= 4 is 0 Å². The second-order valence-corrected chi connectivity index (χ2v) is 6.81. The van der Waals surface area contributed by atoms with Gasteiger partial charge in [0, 0.05) is 33.0 Å². The molecule has 0 fully saturated rings. The van der Waals surface area contributed by atoms with E-state index in [1.54, 1.807) is 0 Å². The highest BCUT2D eigenvalue weighted by atomic mass is 16.5. The van der Waals surface area contributed by atoms with Gasteiger partial charge in [-0.3, -0.25) is 0 Å². The molecule has 0 aromatic carbocycles. The van der Waals surface area contributed by atoms with E-state index in [-0.39, 0.29) is 5.60 Å². The minimum atomic E-state index is -0.00581. The molecule has 0 radical (unpaired) electrons. The lowest BCUT2D eigenvalue weighted by Gasteiger charge is -2.19. The van der Waals surface area contributed by atoms with E-state index >= 15 is 0 Å². The largest absolute Gasteiger partial charge is 0.381 e. The van der Waals surface area contributed by atoms with Gasteiger partial charge in [-0.05, 0) is 58.8 Å². The molecule has 0 saturated carbocycles. The van der Waals surface area contributed by atoms with Crippen molar-refractivity contribution in [3.8, 4) is 0 Å². The van der Waals surface area contributed by atoms with Crippen LogP contribution < -0.4 is 0 Å². The Kier molecular flexibility index (Phi) is 12.5. The predicted octanol–water partition coefficient (Wildman–Crippen LogP) is 4.44. The van der Waals surface area contributed by atoms with Crippen LogP contribution in [0.25, 0.3) is 0 Å². The van der Waals surface area contributed by atoms with Gasteiger partial charge >= 0.3 is 0 Å². The average molecular weight is 288 g/mol. The third-order valence-electron chi connectivity index (χ3n) is 2.75. The van der Waals surface area contributed by atoms with E-state index in [2.05, 4.69) is 34.6 Å². The van der Waals surface area contributed by atoms with E-state index < -0.39 is 0 Å². The summed E-state index contributed by atoms with van der Waals surface area (Å²) in [5.74, 6) is 0.633. The molecule has 3 nitrogen and oxygen atoms in total. The van der Waals surface area contributed by atoms with Gasteiger partial charge in [-0.25, -0.2) is 0 Å². The van der Waals surface area contributed by atoms with E-state index in [1.807, 2.05) is 0 Å². The summed E-state index contributed by atoms with van der Waals surface area (Å²) in [7, 11) is 0. The summed E-state index contributed by atoms with van der Waals surface area (Å²) in [6.07, 6.45) is 5.66. The highest BCUT2D eigenvalue weighted by molar-refractivity contribution is 4.58. The van der Waals surface area contributed by atoms with Crippen LogP contribution in [0.4, 0.5) is 0 Å². The van der Waals surface area contributed by atoms with Crippen molar-refractivity contribution in [1.82, 2.24) is 0 Å². The maximum atomic E-state index is 5.67. The summed E-state index contributed by atoms with van der Waals surface area (Å²) in [5.41, 5.74) is -0.00581. The fourth-order valence-electron chi connectivity index (χ4n) is 1.69. The van der Waals surface area contributed by atoms with Gasteiger partial charge in [0.15, 0.2) is 0 Å². The lowest BCUT2D eigenvalue weighted by atomic mass is 10.2. The van der Waals surface area contributed by atoms with Crippen LogP contribution in [0.1, 0.15) is 66.7 Å². The number of unbranched alkanes of at least 4 members (excludes halogenated alkanes) is 3. The first-order valence-electron chi connectivity index (χ1n) is 8.21. The minimum absolute atomic E-state index is 0.00581. The molecule has 0 rings (SSSR count). The van der Waals surface area contributed by atoms with Gasteiger partial charge in [0.25, 0.3) is 0 Å². The number of hydrogen-bond donors (Lipinski definition) is 0. The van der Waals surface area contributed by atoms with Gasteiger partial charge in [-0.2, -0.15) is 0 Å². The van der Waals surface area contributed by atoms with Crippen LogP contribution in [0, 0.1) is 5.92 Å². The third kappa shape index (κ3) is 17.9. The Bertz CT molecular complexity index is 197. The van der Waals surface area contributed by atoms with Crippen LogP contribution in [0.15, 0.2) is 0 Å². The zero-order valence-electron chi connectivity index (χ0n) is 14.4. The molecule has 0 aliphatic carbocycles. The molecule has 0 aliphatic heterocycles. The van der Waals surface area contributed by atoms with Gasteiger partial charge < -0.3 is 14.2 Å². The second-order valence-electron chi connectivity index (χ2n) is 6.81. The van der Waals surface area contributed by atoms with Crippen molar-refractivity contribution in [2.24, 2.45) is 5.92 Å². The molecule has 0 atom stereocenters. The number of rotatable bonds is 13. The Morgan fingerprint density at radius 1 is 0.700 bits per heavy atom. The Morgan fingerprint density at radius 3 is 1.75 bits per heavy atom. The van der Waals surface area contributed by atoms with E-state index in [4.69, 9.17) is 14.2 Å². The molecule has 0 heterocycles. The fourth-order valence-corrected chi connectivity index (χ4v) is 1.69. The molecule has 0 amide bonds. The van der Waals surface area contributed by atoms with Crippen molar-refractivity contribution in [3.63, 3.8) is 0 Å². The molecule has 0 aromatic heterocycles. The molecule has 0 bridgehead atoms. The number of ether oxygens (including phenoxy) is 3.